The van der Waals surface area contributed by atoms with Crippen molar-refractivity contribution in [3.05, 3.63) is 74.8 Å². The summed E-state index contributed by atoms with van der Waals surface area (Å²) in [5.74, 6) is -0.671. The summed E-state index contributed by atoms with van der Waals surface area (Å²) in [6.45, 7) is 2.58. The van der Waals surface area contributed by atoms with Crippen molar-refractivity contribution < 1.29 is 9.31 Å². The Labute approximate surface area is 181 Å². The summed E-state index contributed by atoms with van der Waals surface area (Å²) in [5, 5.41) is 15.5. The van der Waals surface area contributed by atoms with E-state index < -0.39 is 16.4 Å². The fourth-order valence-corrected chi connectivity index (χ4v) is 4.31. The van der Waals surface area contributed by atoms with Crippen LogP contribution in [0.15, 0.2) is 42.7 Å². The smallest absolute Gasteiger partial charge is 0.306 e. The average Bonchev–Trinajstić information content (AvgIpc) is 3.12. The van der Waals surface area contributed by atoms with Crippen molar-refractivity contribution in [1.82, 2.24) is 14.5 Å². The molecule has 0 atom stereocenters. The summed E-state index contributed by atoms with van der Waals surface area (Å²) in [6, 6.07) is 8.48. The maximum Gasteiger partial charge on any atom is 0.306 e. The van der Waals surface area contributed by atoms with Crippen LogP contribution in [-0.2, 0) is 13.0 Å². The van der Waals surface area contributed by atoms with Crippen LogP contribution in [0.4, 0.5) is 21.7 Å². The lowest BCUT2D eigenvalue weighted by Crippen LogP contribution is -2.05. The number of aromatic nitrogens is 3. The molecule has 31 heavy (non-hydrogen) atoms. The molecule has 1 N–H and O–H groups in total. The topological polar surface area (TPSA) is 85.9 Å². The fraction of sp³-hybridized carbons (Fsp3) is 0.182. The van der Waals surface area contributed by atoms with Gasteiger partial charge in [0, 0.05) is 29.8 Å². The predicted molar refractivity (Wildman–Crippen MR) is 117 cm³/mol. The molecule has 1 aliphatic rings. The van der Waals surface area contributed by atoms with E-state index in [1.54, 1.807) is 6.92 Å². The van der Waals surface area contributed by atoms with E-state index in [0.29, 0.717) is 22.0 Å². The van der Waals surface area contributed by atoms with Gasteiger partial charge in [0.15, 0.2) is 0 Å². The van der Waals surface area contributed by atoms with E-state index in [2.05, 4.69) is 38.2 Å². The van der Waals surface area contributed by atoms with E-state index in [0.717, 1.165) is 42.5 Å². The Morgan fingerprint density at radius 3 is 2.97 bits per heavy atom. The first-order chi connectivity index (χ1) is 14.9. The van der Waals surface area contributed by atoms with Crippen molar-refractivity contribution in [2.75, 3.05) is 5.32 Å². The molecule has 3 heterocycles. The Morgan fingerprint density at radius 1 is 1.32 bits per heavy atom. The van der Waals surface area contributed by atoms with Crippen LogP contribution < -0.4 is 5.32 Å². The first kappa shape index (κ1) is 19.4. The lowest BCUT2D eigenvalue weighted by molar-refractivity contribution is -0.387. The van der Waals surface area contributed by atoms with Crippen LogP contribution in [0.5, 0.6) is 0 Å². The van der Waals surface area contributed by atoms with E-state index >= 15 is 0 Å². The second-order valence-electron chi connectivity index (χ2n) is 7.54. The van der Waals surface area contributed by atoms with Gasteiger partial charge in [-0.15, -0.1) is 0 Å². The van der Waals surface area contributed by atoms with Crippen LogP contribution >= 0.6 is 11.6 Å². The summed E-state index contributed by atoms with van der Waals surface area (Å²) in [7, 11) is 0. The number of hydrogen-bond donors (Lipinski definition) is 1. The zero-order valence-electron chi connectivity index (χ0n) is 16.5. The lowest BCUT2D eigenvalue weighted by Gasteiger charge is -2.14. The maximum absolute atomic E-state index is 13.9. The quantitative estimate of drug-likeness (QED) is 0.322. The van der Waals surface area contributed by atoms with Crippen molar-refractivity contribution >= 4 is 39.8 Å². The zero-order chi connectivity index (χ0) is 21.7. The molecule has 0 spiro atoms. The number of nitro groups is 1. The number of para-hydroxylation sites is 1. The van der Waals surface area contributed by atoms with Crippen molar-refractivity contribution in [2.45, 2.75) is 26.3 Å². The predicted octanol–water partition coefficient (Wildman–Crippen LogP) is 5.80. The normalized spacial score (nSPS) is 12.9. The number of hydrogen-bond acceptors (Lipinski definition) is 5. The second kappa shape index (κ2) is 7.31. The Bertz CT molecular complexity index is 1370. The molecule has 4 aromatic rings. The van der Waals surface area contributed by atoms with Crippen LogP contribution in [-0.4, -0.2) is 19.5 Å². The molecule has 0 saturated heterocycles. The van der Waals surface area contributed by atoms with Crippen molar-refractivity contribution in [1.29, 1.82) is 0 Å². The molecule has 9 heteroatoms. The van der Waals surface area contributed by atoms with E-state index in [1.165, 1.54) is 17.3 Å². The van der Waals surface area contributed by atoms with Crippen LogP contribution in [0.25, 0.3) is 22.2 Å². The standard InChI is InChI=1S/C22H17ClFN5O2/c1-12-8-17(24)19(29(30)31)9-18(12)26-22-25-10-16(23)20(27-22)15-11-28-7-3-5-13-4-2-6-14(15)21(13)28/h2,4,6,8-11H,3,5,7H2,1H3,(H,25,26,27). The minimum absolute atomic E-state index is 0.218. The van der Waals surface area contributed by atoms with E-state index in [4.69, 9.17) is 11.6 Å². The number of nitrogens with one attached hydrogen (secondary N) is 1. The van der Waals surface area contributed by atoms with Crippen LogP contribution in [0.3, 0.4) is 0 Å². The summed E-state index contributed by atoms with van der Waals surface area (Å²) >= 11 is 6.46. The summed E-state index contributed by atoms with van der Waals surface area (Å²) in [5.41, 5.74) is 4.19. The molecule has 0 saturated carbocycles. The minimum Gasteiger partial charge on any atom is -0.347 e. The highest BCUT2D eigenvalue weighted by molar-refractivity contribution is 6.33. The van der Waals surface area contributed by atoms with Crippen LogP contribution in [0.1, 0.15) is 17.5 Å². The van der Waals surface area contributed by atoms with Crippen LogP contribution in [0.2, 0.25) is 5.02 Å². The van der Waals surface area contributed by atoms with Gasteiger partial charge in [-0.1, -0.05) is 29.8 Å². The third-order valence-corrected chi connectivity index (χ3v) is 5.84. The number of halogens is 2. The van der Waals surface area contributed by atoms with Crippen molar-refractivity contribution in [2.24, 2.45) is 0 Å². The van der Waals surface area contributed by atoms with Gasteiger partial charge < -0.3 is 9.88 Å². The summed E-state index contributed by atoms with van der Waals surface area (Å²) in [4.78, 5) is 19.1. The Kier molecular flexibility index (Phi) is 4.59. The monoisotopic (exact) mass is 437 g/mol. The van der Waals surface area contributed by atoms with Gasteiger partial charge in [0.25, 0.3) is 0 Å². The molecular weight excluding hydrogens is 421 g/mol. The van der Waals surface area contributed by atoms with Gasteiger partial charge in [0.05, 0.1) is 33.0 Å². The molecular formula is C22H17ClFN5O2. The third kappa shape index (κ3) is 3.29. The van der Waals surface area contributed by atoms with Crippen LogP contribution in [0, 0.1) is 22.9 Å². The Balaban J connectivity index is 1.59. The molecule has 7 nitrogen and oxygen atoms in total. The summed E-state index contributed by atoms with van der Waals surface area (Å²) < 4.78 is 16.1. The molecule has 0 unspecified atom stereocenters. The Morgan fingerprint density at radius 2 is 2.16 bits per heavy atom. The minimum atomic E-state index is -0.889. The third-order valence-electron chi connectivity index (χ3n) is 5.56. The first-order valence-corrected chi connectivity index (χ1v) is 10.2. The highest BCUT2D eigenvalue weighted by Gasteiger charge is 2.21. The fourth-order valence-electron chi connectivity index (χ4n) is 4.12. The molecule has 2 aromatic carbocycles. The molecule has 0 radical (unpaired) electrons. The van der Waals surface area contributed by atoms with Gasteiger partial charge in [-0.3, -0.25) is 10.1 Å². The second-order valence-corrected chi connectivity index (χ2v) is 7.95. The first-order valence-electron chi connectivity index (χ1n) is 9.77. The molecule has 2 aromatic heterocycles. The molecule has 0 aliphatic carbocycles. The largest absolute Gasteiger partial charge is 0.347 e. The highest BCUT2D eigenvalue weighted by Crippen LogP contribution is 2.37. The van der Waals surface area contributed by atoms with Gasteiger partial charge in [-0.05, 0) is 37.0 Å². The SMILES string of the molecule is Cc1cc(F)c([N+](=O)[O-])cc1Nc1ncc(Cl)c(-c2cn3c4c(cccc24)CCC3)n1. The molecule has 0 bridgehead atoms. The number of benzene rings is 2. The lowest BCUT2D eigenvalue weighted by atomic mass is 10.0. The molecule has 156 valence electrons. The van der Waals surface area contributed by atoms with Gasteiger partial charge in [-0.2, -0.15) is 4.39 Å². The highest BCUT2D eigenvalue weighted by atomic mass is 35.5. The zero-order valence-corrected chi connectivity index (χ0v) is 17.3. The van der Waals surface area contributed by atoms with Gasteiger partial charge in [0.2, 0.25) is 11.8 Å². The van der Waals surface area contributed by atoms with E-state index in [1.807, 2.05) is 6.07 Å². The average molecular weight is 438 g/mol. The van der Waals surface area contributed by atoms with Crippen molar-refractivity contribution in [3.63, 3.8) is 0 Å². The maximum atomic E-state index is 13.9. The summed E-state index contributed by atoms with van der Waals surface area (Å²) in [6.07, 6.45) is 5.66. The van der Waals surface area contributed by atoms with E-state index in [9.17, 15) is 14.5 Å². The molecule has 0 amide bonds. The number of nitrogens with zero attached hydrogens (tertiary/aromatic N) is 4. The van der Waals surface area contributed by atoms with Crippen molar-refractivity contribution in [3.8, 4) is 11.3 Å². The number of nitro benzene ring substituents is 1. The molecule has 1 aliphatic heterocycles. The van der Waals surface area contributed by atoms with E-state index in [-0.39, 0.29) is 5.95 Å². The van der Waals surface area contributed by atoms with Gasteiger partial charge in [-0.25, -0.2) is 9.97 Å². The van der Waals surface area contributed by atoms with Gasteiger partial charge in [0.1, 0.15) is 0 Å². The Hall–Kier alpha value is -3.52. The molecule has 5 rings (SSSR count). The van der Waals surface area contributed by atoms with Gasteiger partial charge >= 0.3 is 5.69 Å². The number of rotatable bonds is 4. The number of anilines is 2. The number of aryl methyl sites for hydroxylation is 3. The molecule has 0 fully saturated rings.